The van der Waals surface area contributed by atoms with Crippen molar-refractivity contribution in [3.8, 4) is 0 Å². The number of hydrogen-bond acceptors (Lipinski definition) is 3. The number of nitrogens with one attached hydrogen (secondary N) is 1. The zero-order chi connectivity index (χ0) is 11.2. The Hall–Kier alpha value is -1.90. The molecule has 0 aromatic carbocycles. The summed E-state index contributed by atoms with van der Waals surface area (Å²) in [7, 11) is 0. The Kier molecular flexibility index (Phi) is 3.49. The number of nitrogens with zero attached hydrogens (tertiary/aromatic N) is 2. The molecule has 0 aliphatic rings. The highest BCUT2D eigenvalue weighted by Gasteiger charge is 1.94. The summed E-state index contributed by atoms with van der Waals surface area (Å²) in [5.41, 5.74) is 3.46. The van der Waals surface area contributed by atoms with E-state index >= 15 is 0 Å². The van der Waals surface area contributed by atoms with Crippen LogP contribution in [-0.2, 0) is 6.42 Å². The van der Waals surface area contributed by atoms with Gasteiger partial charge in [0.1, 0.15) is 0 Å². The van der Waals surface area contributed by atoms with E-state index in [9.17, 15) is 0 Å². The lowest BCUT2D eigenvalue weighted by Crippen LogP contribution is -2.05. The van der Waals surface area contributed by atoms with Gasteiger partial charge in [-0.15, -0.1) is 0 Å². The SMILES string of the molecule is Cc1cc(NCCc2ccncc2)ccn1. The molecular weight excluding hydrogens is 198 g/mol. The predicted octanol–water partition coefficient (Wildman–Crippen LogP) is 2.44. The second kappa shape index (κ2) is 5.26. The van der Waals surface area contributed by atoms with Crippen LogP contribution in [0.5, 0.6) is 0 Å². The molecule has 0 fully saturated rings. The van der Waals surface area contributed by atoms with Crippen molar-refractivity contribution >= 4 is 5.69 Å². The zero-order valence-corrected chi connectivity index (χ0v) is 9.35. The molecule has 0 saturated heterocycles. The predicted molar refractivity (Wildman–Crippen MR) is 65.4 cm³/mol. The lowest BCUT2D eigenvalue weighted by Gasteiger charge is -2.06. The maximum Gasteiger partial charge on any atom is 0.0393 e. The molecular formula is C13H15N3. The third kappa shape index (κ3) is 3.05. The van der Waals surface area contributed by atoms with Gasteiger partial charge in [-0.25, -0.2) is 0 Å². The fourth-order valence-corrected chi connectivity index (χ4v) is 1.56. The molecule has 2 aromatic heterocycles. The number of anilines is 1. The molecule has 2 heterocycles. The van der Waals surface area contributed by atoms with Crippen LogP contribution < -0.4 is 5.32 Å². The van der Waals surface area contributed by atoms with Gasteiger partial charge in [0.05, 0.1) is 0 Å². The fourth-order valence-electron chi connectivity index (χ4n) is 1.56. The van der Waals surface area contributed by atoms with E-state index in [0.717, 1.165) is 24.3 Å². The first-order valence-electron chi connectivity index (χ1n) is 5.40. The van der Waals surface area contributed by atoms with Gasteiger partial charge in [0.2, 0.25) is 0 Å². The van der Waals surface area contributed by atoms with E-state index in [1.807, 2.05) is 49.8 Å². The summed E-state index contributed by atoms with van der Waals surface area (Å²) in [6.07, 6.45) is 6.48. The Bertz CT molecular complexity index is 440. The molecule has 0 aliphatic carbocycles. The van der Waals surface area contributed by atoms with Crippen molar-refractivity contribution in [2.75, 3.05) is 11.9 Å². The van der Waals surface area contributed by atoms with Gasteiger partial charge in [0.25, 0.3) is 0 Å². The largest absolute Gasteiger partial charge is 0.385 e. The molecule has 16 heavy (non-hydrogen) atoms. The minimum absolute atomic E-state index is 0.924. The van der Waals surface area contributed by atoms with Crippen LogP contribution in [0.25, 0.3) is 0 Å². The maximum absolute atomic E-state index is 4.16. The van der Waals surface area contributed by atoms with Gasteiger partial charge in [0.15, 0.2) is 0 Å². The lowest BCUT2D eigenvalue weighted by molar-refractivity contribution is 1.01. The van der Waals surface area contributed by atoms with Gasteiger partial charge >= 0.3 is 0 Å². The second-order valence-electron chi connectivity index (χ2n) is 3.72. The summed E-state index contributed by atoms with van der Waals surface area (Å²) in [4.78, 5) is 8.15. The van der Waals surface area contributed by atoms with Gasteiger partial charge in [0, 0.05) is 36.5 Å². The van der Waals surface area contributed by atoms with Crippen LogP contribution in [0, 0.1) is 6.92 Å². The lowest BCUT2D eigenvalue weighted by atomic mass is 10.2. The maximum atomic E-state index is 4.16. The molecule has 3 heteroatoms. The summed E-state index contributed by atoms with van der Waals surface area (Å²) in [6, 6.07) is 8.12. The molecule has 82 valence electrons. The summed E-state index contributed by atoms with van der Waals surface area (Å²) in [5.74, 6) is 0. The van der Waals surface area contributed by atoms with Crippen LogP contribution in [0.1, 0.15) is 11.3 Å². The quantitative estimate of drug-likeness (QED) is 0.847. The average Bonchev–Trinajstić information content (AvgIpc) is 2.30. The van der Waals surface area contributed by atoms with Crippen molar-refractivity contribution in [3.05, 3.63) is 54.1 Å². The highest BCUT2D eigenvalue weighted by atomic mass is 14.9. The second-order valence-corrected chi connectivity index (χ2v) is 3.72. The molecule has 2 rings (SSSR count). The van der Waals surface area contributed by atoms with E-state index < -0.39 is 0 Å². The smallest absolute Gasteiger partial charge is 0.0393 e. The van der Waals surface area contributed by atoms with E-state index in [0.29, 0.717) is 0 Å². The summed E-state index contributed by atoms with van der Waals surface area (Å²) in [6.45, 7) is 2.92. The van der Waals surface area contributed by atoms with Gasteiger partial charge < -0.3 is 5.32 Å². The molecule has 0 bridgehead atoms. The summed E-state index contributed by atoms with van der Waals surface area (Å²) < 4.78 is 0. The Morgan fingerprint density at radius 2 is 1.94 bits per heavy atom. The molecule has 1 N–H and O–H groups in total. The van der Waals surface area contributed by atoms with E-state index in [4.69, 9.17) is 0 Å². The molecule has 0 amide bonds. The molecule has 0 atom stereocenters. The van der Waals surface area contributed by atoms with Crippen molar-refractivity contribution < 1.29 is 0 Å². The van der Waals surface area contributed by atoms with Crippen molar-refractivity contribution in [1.29, 1.82) is 0 Å². The van der Waals surface area contributed by atoms with Gasteiger partial charge in [-0.05, 0) is 43.2 Å². The Balaban J connectivity index is 1.85. The number of rotatable bonds is 4. The average molecular weight is 213 g/mol. The van der Waals surface area contributed by atoms with Crippen molar-refractivity contribution in [1.82, 2.24) is 9.97 Å². The van der Waals surface area contributed by atoms with Crippen LogP contribution in [0.15, 0.2) is 42.9 Å². The topological polar surface area (TPSA) is 37.8 Å². The van der Waals surface area contributed by atoms with E-state index in [1.165, 1.54) is 5.56 Å². The molecule has 3 nitrogen and oxygen atoms in total. The third-order valence-electron chi connectivity index (χ3n) is 2.39. The fraction of sp³-hybridized carbons (Fsp3) is 0.231. The Labute approximate surface area is 95.6 Å². The van der Waals surface area contributed by atoms with Crippen molar-refractivity contribution in [3.63, 3.8) is 0 Å². The third-order valence-corrected chi connectivity index (χ3v) is 2.39. The number of aromatic nitrogens is 2. The highest BCUT2D eigenvalue weighted by molar-refractivity contribution is 5.42. The van der Waals surface area contributed by atoms with Crippen LogP contribution in [0.2, 0.25) is 0 Å². The first-order chi connectivity index (χ1) is 7.84. The minimum Gasteiger partial charge on any atom is -0.385 e. The zero-order valence-electron chi connectivity index (χ0n) is 9.35. The molecule has 0 aliphatic heterocycles. The molecule has 0 radical (unpaired) electrons. The number of pyridine rings is 2. The van der Waals surface area contributed by atoms with Crippen molar-refractivity contribution in [2.45, 2.75) is 13.3 Å². The van der Waals surface area contributed by atoms with E-state index in [2.05, 4.69) is 15.3 Å². The number of hydrogen-bond donors (Lipinski definition) is 1. The summed E-state index contributed by atoms with van der Waals surface area (Å²) >= 11 is 0. The van der Waals surface area contributed by atoms with Crippen LogP contribution in [0.3, 0.4) is 0 Å². The van der Waals surface area contributed by atoms with Gasteiger partial charge in [-0.1, -0.05) is 0 Å². The monoisotopic (exact) mass is 213 g/mol. The molecule has 2 aromatic rings. The van der Waals surface area contributed by atoms with Crippen LogP contribution in [0.4, 0.5) is 5.69 Å². The van der Waals surface area contributed by atoms with Crippen LogP contribution in [-0.4, -0.2) is 16.5 Å². The molecule has 0 spiro atoms. The normalized spacial score (nSPS) is 10.1. The van der Waals surface area contributed by atoms with E-state index in [1.54, 1.807) is 0 Å². The van der Waals surface area contributed by atoms with E-state index in [-0.39, 0.29) is 0 Å². The Morgan fingerprint density at radius 1 is 1.12 bits per heavy atom. The molecule has 0 saturated carbocycles. The standard InChI is InChI=1S/C13H15N3/c1-11-10-13(5-9-15-11)16-8-4-12-2-6-14-7-3-12/h2-3,5-7,9-10H,4,8H2,1H3,(H,15,16). The van der Waals surface area contributed by atoms with Gasteiger partial charge in [-0.2, -0.15) is 0 Å². The molecule has 0 unspecified atom stereocenters. The first-order valence-corrected chi connectivity index (χ1v) is 5.40. The van der Waals surface area contributed by atoms with Gasteiger partial charge in [-0.3, -0.25) is 9.97 Å². The summed E-state index contributed by atoms with van der Waals surface area (Å²) in [5, 5.41) is 3.37. The first kappa shape index (κ1) is 10.6. The van der Waals surface area contributed by atoms with Crippen molar-refractivity contribution in [2.24, 2.45) is 0 Å². The Morgan fingerprint density at radius 3 is 2.69 bits per heavy atom. The minimum atomic E-state index is 0.924. The highest BCUT2D eigenvalue weighted by Crippen LogP contribution is 2.07. The number of aryl methyl sites for hydroxylation is 1. The van der Waals surface area contributed by atoms with Crippen LogP contribution >= 0.6 is 0 Å².